The molecule has 150 valence electrons. The second kappa shape index (κ2) is 8.98. The van der Waals surface area contributed by atoms with E-state index in [1.165, 1.54) is 19.2 Å². The largest absolute Gasteiger partial charge is 0.497 e. The van der Waals surface area contributed by atoms with Gasteiger partial charge in [0.15, 0.2) is 0 Å². The first kappa shape index (κ1) is 20.7. The molecule has 8 heteroatoms. The van der Waals surface area contributed by atoms with Crippen molar-refractivity contribution in [3.63, 3.8) is 0 Å². The van der Waals surface area contributed by atoms with Crippen molar-refractivity contribution in [1.82, 2.24) is 0 Å². The van der Waals surface area contributed by atoms with Crippen LogP contribution in [0.1, 0.15) is 0 Å². The molecule has 0 heterocycles. The van der Waals surface area contributed by atoms with Crippen molar-refractivity contribution in [2.45, 2.75) is 4.90 Å². The highest BCUT2D eigenvalue weighted by Gasteiger charge is 2.27. The molecule has 0 bridgehead atoms. The van der Waals surface area contributed by atoms with Crippen LogP contribution in [0.2, 0.25) is 5.02 Å². The van der Waals surface area contributed by atoms with Gasteiger partial charge in [0, 0.05) is 0 Å². The Hall–Kier alpha value is -3.03. The number of hydrogen-bond donors (Lipinski definition) is 1. The smallest absolute Gasteiger partial charge is 0.264 e. The first-order valence-electron chi connectivity index (χ1n) is 8.68. The van der Waals surface area contributed by atoms with Gasteiger partial charge in [-0.1, -0.05) is 41.9 Å². The van der Waals surface area contributed by atoms with Crippen molar-refractivity contribution < 1.29 is 17.9 Å². The van der Waals surface area contributed by atoms with Crippen LogP contribution in [-0.4, -0.2) is 28.0 Å². The van der Waals surface area contributed by atoms with E-state index < -0.39 is 22.5 Å². The number of rotatable bonds is 7. The summed E-state index contributed by atoms with van der Waals surface area (Å²) >= 11 is 6.08. The van der Waals surface area contributed by atoms with Crippen LogP contribution >= 0.6 is 11.6 Å². The van der Waals surface area contributed by atoms with Crippen LogP contribution in [0.15, 0.2) is 83.8 Å². The summed E-state index contributed by atoms with van der Waals surface area (Å²) in [6.07, 6.45) is 0. The maximum absolute atomic E-state index is 13.2. The first-order chi connectivity index (χ1) is 13.9. The standard InChI is InChI=1S/C21H19ClN2O4S/c1-28-17-13-11-16(12-14-17)24(29(26,27)18-7-3-2-4-8-18)15-21(25)23-20-10-6-5-9-19(20)22/h2-14H,15H2,1H3,(H,23,25). The SMILES string of the molecule is COc1ccc(N(CC(=O)Nc2ccccc2Cl)S(=O)(=O)c2ccccc2)cc1. The molecule has 0 aliphatic heterocycles. The number of anilines is 2. The number of carbonyl (C=O) groups is 1. The third-order valence-corrected chi connectivity index (χ3v) is 6.24. The average molecular weight is 431 g/mol. The van der Waals surface area contributed by atoms with Crippen LogP contribution in [0.5, 0.6) is 5.75 Å². The van der Waals surface area contributed by atoms with E-state index in [0.29, 0.717) is 22.1 Å². The predicted molar refractivity (Wildman–Crippen MR) is 114 cm³/mol. The van der Waals surface area contributed by atoms with Crippen LogP contribution < -0.4 is 14.4 Å². The molecule has 0 atom stereocenters. The number of hydrogen-bond acceptors (Lipinski definition) is 4. The van der Waals surface area contributed by atoms with Crippen LogP contribution in [0.4, 0.5) is 11.4 Å². The zero-order valence-corrected chi connectivity index (χ0v) is 17.2. The normalized spacial score (nSPS) is 11.0. The van der Waals surface area contributed by atoms with E-state index >= 15 is 0 Å². The summed E-state index contributed by atoms with van der Waals surface area (Å²) < 4.78 is 32.6. The molecule has 0 aliphatic rings. The van der Waals surface area contributed by atoms with E-state index in [4.69, 9.17) is 16.3 Å². The van der Waals surface area contributed by atoms with Crippen molar-refractivity contribution in [2.75, 3.05) is 23.3 Å². The molecule has 1 amide bonds. The van der Waals surface area contributed by atoms with Gasteiger partial charge in [-0.25, -0.2) is 8.42 Å². The van der Waals surface area contributed by atoms with Crippen molar-refractivity contribution in [2.24, 2.45) is 0 Å². The molecule has 0 saturated carbocycles. The minimum Gasteiger partial charge on any atom is -0.497 e. The van der Waals surface area contributed by atoms with Crippen LogP contribution in [-0.2, 0) is 14.8 Å². The number of carbonyl (C=O) groups excluding carboxylic acids is 1. The Balaban J connectivity index is 1.94. The van der Waals surface area contributed by atoms with E-state index in [-0.39, 0.29) is 4.90 Å². The number of halogens is 1. The van der Waals surface area contributed by atoms with Gasteiger partial charge in [0.1, 0.15) is 12.3 Å². The molecule has 0 saturated heterocycles. The average Bonchev–Trinajstić information content (AvgIpc) is 2.74. The molecule has 29 heavy (non-hydrogen) atoms. The minimum atomic E-state index is -3.97. The number of sulfonamides is 1. The number of ether oxygens (including phenoxy) is 1. The number of methoxy groups -OCH3 is 1. The summed E-state index contributed by atoms with van der Waals surface area (Å²) in [4.78, 5) is 12.7. The Bertz CT molecular complexity index is 1090. The molecular formula is C21H19ClN2O4S. The molecule has 3 aromatic carbocycles. The minimum absolute atomic E-state index is 0.0846. The lowest BCUT2D eigenvalue weighted by molar-refractivity contribution is -0.114. The molecule has 0 aliphatic carbocycles. The summed E-state index contributed by atoms with van der Waals surface area (Å²) in [6.45, 7) is -0.422. The molecule has 0 aromatic heterocycles. The Morgan fingerprint density at radius 3 is 2.21 bits per heavy atom. The number of benzene rings is 3. The van der Waals surface area contributed by atoms with Gasteiger partial charge in [0.2, 0.25) is 5.91 Å². The van der Waals surface area contributed by atoms with Crippen LogP contribution in [0, 0.1) is 0 Å². The first-order valence-corrected chi connectivity index (χ1v) is 10.5. The van der Waals surface area contributed by atoms with Gasteiger partial charge in [-0.3, -0.25) is 9.10 Å². The fraction of sp³-hybridized carbons (Fsp3) is 0.0952. The molecule has 3 aromatic rings. The van der Waals surface area contributed by atoms with Crippen molar-refractivity contribution in [3.05, 3.63) is 83.9 Å². The number of nitrogens with zero attached hydrogens (tertiary/aromatic N) is 1. The van der Waals surface area contributed by atoms with Gasteiger partial charge < -0.3 is 10.1 Å². The molecule has 3 rings (SSSR count). The third-order valence-electron chi connectivity index (χ3n) is 4.13. The summed E-state index contributed by atoms with van der Waals surface area (Å²) in [7, 11) is -2.45. The van der Waals surface area contributed by atoms with Crippen LogP contribution in [0.25, 0.3) is 0 Å². The quantitative estimate of drug-likeness (QED) is 0.610. The third kappa shape index (κ3) is 4.88. The van der Waals surface area contributed by atoms with Gasteiger partial charge in [0.25, 0.3) is 10.0 Å². The van der Waals surface area contributed by atoms with Crippen molar-refractivity contribution >= 4 is 38.9 Å². The van der Waals surface area contributed by atoms with Crippen LogP contribution in [0.3, 0.4) is 0 Å². The Kier molecular flexibility index (Phi) is 6.41. The van der Waals surface area contributed by atoms with Gasteiger partial charge in [-0.2, -0.15) is 0 Å². The zero-order valence-electron chi connectivity index (χ0n) is 15.6. The predicted octanol–water partition coefficient (Wildman–Crippen LogP) is 4.18. The number of para-hydroxylation sites is 1. The summed E-state index contributed by atoms with van der Waals surface area (Å²) in [5.74, 6) is 0.0553. The highest BCUT2D eigenvalue weighted by Crippen LogP contribution is 2.26. The Morgan fingerprint density at radius 1 is 0.966 bits per heavy atom. The van der Waals surface area contributed by atoms with E-state index in [0.717, 1.165) is 4.31 Å². The molecule has 0 radical (unpaired) electrons. The molecule has 0 spiro atoms. The fourth-order valence-corrected chi connectivity index (χ4v) is 4.29. The molecule has 6 nitrogen and oxygen atoms in total. The number of nitrogens with one attached hydrogen (secondary N) is 1. The number of amides is 1. The fourth-order valence-electron chi connectivity index (χ4n) is 2.67. The Labute approximate surface area is 174 Å². The summed E-state index contributed by atoms with van der Waals surface area (Å²) in [5, 5.41) is 3.02. The van der Waals surface area contributed by atoms with Crippen molar-refractivity contribution in [3.8, 4) is 5.75 Å². The lowest BCUT2D eigenvalue weighted by Gasteiger charge is -2.24. The maximum atomic E-state index is 13.2. The van der Waals surface area contributed by atoms with Gasteiger partial charge >= 0.3 is 0 Å². The van der Waals surface area contributed by atoms with Crippen molar-refractivity contribution in [1.29, 1.82) is 0 Å². The molecule has 0 fully saturated rings. The lowest BCUT2D eigenvalue weighted by atomic mass is 10.3. The van der Waals surface area contributed by atoms with E-state index in [9.17, 15) is 13.2 Å². The second-order valence-corrected chi connectivity index (χ2v) is 8.32. The van der Waals surface area contributed by atoms with E-state index in [2.05, 4.69) is 5.32 Å². The lowest BCUT2D eigenvalue weighted by Crippen LogP contribution is -2.38. The van der Waals surface area contributed by atoms with E-state index in [1.54, 1.807) is 66.7 Å². The molecular weight excluding hydrogens is 412 g/mol. The second-order valence-electron chi connectivity index (χ2n) is 6.05. The molecule has 1 N–H and O–H groups in total. The topological polar surface area (TPSA) is 75.7 Å². The summed E-state index contributed by atoms with van der Waals surface area (Å²) in [5.41, 5.74) is 0.745. The van der Waals surface area contributed by atoms with Gasteiger partial charge in [0.05, 0.1) is 28.4 Å². The maximum Gasteiger partial charge on any atom is 0.264 e. The highest BCUT2D eigenvalue weighted by atomic mass is 35.5. The summed E-state index contributed by atoms with van der Waals surface area (Å²) in [6, 6.07) is 21.1. The zero-order chi connectivity index (χ0) is 20.9. The highest BCUT2D eigenvalue weighted by molar-refractivity contribution is 7.92. The van der Waals surface area contributed by atoms with Gasteiger partial charge in [-0.05, 0) is 48.5 Å². The Morgan fingerprint density at radius 2 is 1.59 bits per heavy atom. The monoisotopic (exact) mass is 430 g/mol. The molecule has 0 unspecified atom stereocenters. The van der Waals surface area contributed by atoms with Gasteiger partial charge in [-0.15, -0.1) is 0 Å². The van der Waals surface area contributed by atoms with E-state index in [1.807, 2.05) is 0 Å².